The first-order valence-corrected chi connectivity index (χ1v) is 7.14. The number of aliphatic hydroxyl groups is 1. The molecular formula is C18H22O3. The van der Waals surface area contributed by atoms with Crippen molar-refractivity contribution in [2.75, 3.05) is 0 Å². The van der Waals surface area contributed by atoms with Crippen LogP contribution in [-0.4, -0.2) is 17.0 Å². The second kappa shape index (κ2) is 7.36. The van der Waals surface area contributed by atoms with Gasteiger partial charge in [-0.1, -0.05) is 60.7 Å². The van der Waals surface area contributed by atoms with Crippen LogP contribution in [-0.2, 0) is 22.7 Å². The first-order chi connectivity index (χ1) is 10.1. The third-order valence-electron chi connectivity index (χ3n) is 3.50. The highest BCUT2D eigenvalue weighted by molar-refractivity contribution is 5.14. The molecule has 21 heavy (non-hydrogen) atoms. The van der Waals surface area contributed by atoms with E-state index in [0.717, 1.165) is 11.1 Å². The lowest BCUT2D eigenvalue weighted by molar-refractivity contribution is -0.280. The molecule has 1 unspecified atom stereocenters. The largest absolute Gasteiger partial charge is 0.388 e. The summed E-state index contributed by atoms with van der Waals surface area (Å²) in [7, 11) is 0. The highest BCUT2D eigenvalue weighted by atomic mass is 16.7. The van der Waals surface area contributed by atoms with Gasteiger partial charge in [0.25, 0.3) is 0 Å². The van der Waals surface area contributed by atoms with Gasteiger partial charge in [0, 0.05) is 0 Å². The second-order valence-corrected chi connectivity index (χ2v) is 5.24. The summed E-state index contributed by atoms with van der Waals surface area (Å²) >= 11 is 0. The predicted molar refractivity (Wildman–Crippen MR) is 82.5 cm³/mol. The maximum atomic E-state index is 9.98. The molecule has 0 aliphatic carbocycles. The van der Waals surface area contributed by atoms with Crippen LogP contribution >= 0.6 is 0 Å². The van der Waals surface area contributed by atoms with Crippen LogP contribution in [0.3, 0.4) is 0 Å². The van der Waals surface area contributed by atoms with Crippen LogP contribution < -0.4 is 0 Å². The van der Waals surface area contributed by atoms with Gasteiger partial charge in [0.2, 0.25) is 0 Å². The maximum Gasteiger partial charge on any atom is 0.191 e. The van der Waals surface area contributed by atoms with Gasteiger partial charge in [0.15, 0.2) is 5.79 Å². The van der Waals surface area contributed by atoms with Gasteiger partial charge in [0.1, 0.15) is 6.10 Å². The van der Waals surface area contributed by atoms with E-state index < -0.39 is 11.9 Å². The summed E-state index contributed by atoms with van der Waals surface area (Å²) in [6.45, 7) is 4.24. The summed E-state index contributed by atoms with van der Waals surface area (Å²) in [5.74, 6) is -1.04. The quantitative estimate of drug-likeness (QED) is 0.792. The molecule has 0 radical (unpaired) electrons. The molecule has 0 bridgehead atoms. The monoisotopic (exact) mass is 286 g/mol. The number of hydrogen-bond donors (Lipinski definition) is 1. The molecule has 1 N–H and O–H groups in total. The fraction of sp³-hybridized carbons (Fsp3) is 0.333. The normalized spacial score (nSPS) is 13.1. The van der Waals surface area contributed by atoms with Gasteiger partial charge in [0.05, 0.1) is 13.2 Å². The molecule has 0 heterocycles. The summed E-state index contributed by atoms with van der Waals surface area (Å²) in [4.78, 5) is 0. The van der Waals surface area contributed by atoms with Gasteiger partial charge in [-0.15, -0.1) is 0 Å². The van der Waals surface area contributed by atoms with E-state index in [1.807, 2.05) is 60.7 Å². The minimum atomic E-state index is -1.04. The molecule has 3 heteroatoms. The lowest BCUT2D eigenvalue weighted by Gasteiger charge is -2.32. The number of hydrogen-bond acceptors (Lipinski definition) is 3. The topological polar surface area (TPSA) is 38.7 Å². The molecule has 0 spiro atoms. The number of aliphatic hydroxyl groups excluding tert-OH is 1. The Morgan fingerprint density at radius 3 is 1.57 bits per heavy atom. The molecule has 0 aliphatic rings. The van der Waals surface area contributed by atoms with E-state index in [4.69, 9.17) is 9.47 Å². The van der Waals surface area contributed by atoms with Gasteiger partial charge in [-0.25, -0.2) is 0 Å². The van der Waals surface area contributed by atoms with Crippen LogP contribution in [0.1, 0.15) is 25.0 Å². The van der Waals surface area contributed by atoms with Crippen molar-refractivity contribution in [2.24, 2.45) is 0 Å². The van der Waals surface area contributed by atoms with Crippen molar-refractivity contribution < 1.29 is 14.6 Å². The molecule has 2 aromatic carbocycles. The van der Waals surface area contributed by atoms with Crippen LogP contribution in [0.5, 0.6) is 0 Å². The molecule has 2 rings (SSSR count). The Morgan fingerprint density at radius 1 is 0.857 bits per heavy atom. The lowest BCUT2D eigenvalue weighted by Crippen LogP contribution is -2.42. The third kappa shape index (κ3) is 4.67. The Bertz CT molecular complexity index is 479. The molecular weight excluding hydrogens is 264 g/mol. The van der Waals surface area contributed by atoms with E-state index in [9.17, 15) is 5.11 Å². The van der Waals surface area contributed by atoms with Crippen molar-refractivity contribution >= 4 is 0 Å². The van der Waals surface area contributed by atoms with E-state index >= 15 is 0 Å². The van der Waals surface area contributed by atoms with Crippen LogP contribution in [0.2, 0.25) is 0 Å². The first kappa shape index (κ1) is 15.7. The number of benzene rings is 2. The summed E-state index contributed by atoms with van der Waals surface area (Å²) in [5.41, 5.74) is 2.10. The van der Waals surface area contributed by atoms with Crippen molar-refractivity contribution in [2.45, 2.75) is 39.0 Å². The van der Waals surface area contributed by atoms with E-state index in [-0.39, 0.29) is 0 Å². The van der Waals surface area contributed by atoms with Gasteiger partial charge in [-0.3, -0.25) is 0 Å². The Balaban J connectivity index is 1.96. The Kier molecular flexibility index (Phi) is 5.51. The summed E-state index contributed by atoms with van der Waals surface area (Å²) in [6, 6.07) is 19.7. The first-order valence-electron chi connectivity index (χ1n) is 7.14. The number of ether oxygens (including phenoxy) is 2. The SMILES string of the molecule is CC(O)C(C)(OCc1ccccc1)OCc1ccccc1. The highest BCUT2D eigenvalue weighted by Crippen LogP contribution is 2.22. The standard InChI is InChI=1S/C18H22O3/c1-15(19)18(2,20-13-16-9-5-3-6-10-16)21-14-17-11-7-4-8-12-17/h3-12,15,19H,13-14H2,1-2H3. The molecule has 1 atom stereocenters. The zero-order valence-electron chi connectivity index (χ0n) is 12.5. The molecule has 0 saturated carbocycles. The molecule has 3 nitrogen and oxygen atoms in total. The zero-order chi connectivity index (χ0) is 15.1. The average Bonchev–Trinajstić information content (AvgIpc) is 2.53. The molecule has 0 saturated heterocycles. The second-order valence-electron chi connectivity index (χ2n) is 5.24. The summed E-state index contributed by atoms with van der Waals surface area (Å²) in [5, 5.41) is 9.98. The molecule has 2 aromatic rings. The van der Waals surface area contributed by atoms with E-state index in [0.29, 0.717) is 13.2 Å². The molecule has 112 valence electrons. The molecule has 0 aromatic heterocycles. The smallest absolute Gasteiger partial charge is 0.191 e. The Labute approximate surface area is 126 Å². The van der Waals surface area contributed by atoms with Crippen LogP contribution in [0.4, 0.5) is 0 Å². The fourth-order valence-electron chi connectivity index (χ4n) is 1.88. The minimum Gasteiger partial charge on any atom is -0.388 e. The average molecular weight is 286 g/mol. The summed E-state index contributed by atoms with van der Waals surface area (Å²) in [6.07, 6.45) is -0.732. The van der Waals surface area contributed by atoms with Gasteiger partial charge in [-0.2, -0.15) is 0 Å². The van der Waals surface area contributed by atoms with Crippen molar-refractivity contribution in [1.82, 2.24) is 0 Å². The Hall–Kier alpha value is -1.68. The molecule has 0 fully saturated rings. The number of rotatable bonds is 7. The maximum absolute atomic E-state index is 9.98. The van der Waals surface area contributed by atoms with Crippen molar-refractivity contribution in [1.29, 1.82) is 0 Å². The van der Waals surface area contributed by atoms with Gasteiger partial charge in [-0.05, 0) is 25.0 Å². The van der Waals surface area contributed by atoms with Crippen molar-refractivity contribution in [3.05, 3.63) is 71.8 Å². The van der Waals surface area contributed by atoms with Gasteiger partial charge < -0.3 is 14.6 Å². The zero-order valence-corrected chi connectivity index (χ0v) is 12.5. The predicted octanol–water partition coefficient (Wildman–Crippen LogP) is 3.52. The third-order valence-corrected chi connectivity index (χ3v) is 3.50. The lowest BCUT2D eigenvalue weighted by atomic mass is 10.1. The van der Waals surface area contributed by atoms with Crippen LogP contribution in [0.15, 0.2) is 60.7 Å². The summed E-state index contributed by atoms with van der Waals surface area (Å²) < 4.78 is 11.7. The van der Waals surface area contributed by atoms with Crippen molar-refractivity contribution in [3.8, 4) is 0 Å². The van der Waals surface area contributed by atoms with Gasteiger partial charge >= 0.3 is 0 Å². The molecule has 0 amide bonds. The molecule has 0 aliphatic heterocycles. The van der Waals surface area contributed by atoms with Crippen LogP contribution in [0.25, 0.3) is 0 Å². The van der Waals surface area contributed by atoms with E-state index in [1.165, 1.54) is 0 Å². The van der Waals surface area contributed by atoms with E-state index in [1.54, 1.807) is 13.8 Å². The van der Waals surface area contributed by atoms with E-state index in [2.05, 4.69) is 0 Å². The van der Waals surface area contributed by atoms with Crippen molar-refractivity contribution in [3.63, 3.8) is 0 Å². The van der Waals surface area contributed by atoms with Crippen LogP contribution in [0, 0.1) is 0 Å². The fourth-order valence-corrected chi connectivity index (χ4v) is 1.88. The highest BCUT2D eigenvalue weighted by Gasteiger charge is 2.32. The Morgan fingerprint density at radius 2 is 1.24 bits per heavy atom. The minimum absolute atomic E-state index is 0.400.